The summed E-state index contributed by atoms with van der Waals surface area (Å²) in [6, 6.07) is 12.4. The molecule has 0 fully saturated rings. The van der Waals surface area contributed by atoms with Crippen molar-refractivity contribution in [3.63, 3.8) is 0 Å². The highest BCUT2D eigenvalue weighted by molar-refractivity contribution is 6.20. The Labute approximate surface area is 101 Å². The lowest BCUT2D eigenvalue weighted by Crippen LogP contribution is -1.95. The van der Waals surface area contributed by atoms with Gasteiger partial charge in [-0.25, -0.2) is 0 Å². The van der Waals surface area contributed by atoms with Crippen molar-refractivity contribution in [2.75, 3.05) is 0 Å². The van der Waals surface area contributed by atoms with E-state index in [2.05, 4.69) is 36.2 Å². The molecule has 82 valence electrons. The monoisotopic (exact) mass is 231 g/mol. The number of hydrogen-bond acceptors (Lipinski definition) is 1. The molecule has 16 heavy (non-hydrogen) atoms. The van der Waals surface area contributed by atoms with Crippen molar-refractivity contribution in [3.05, 3.63) is 65.5 Å². The molecule has 0 aliphatic heterocycles. The molecule has 1 nitrogen and oxygen atoms in total. The van der Waals surface area contributed by atoms with Crippen LogP contribution in [0.4, 0.5) is 0 Å². The second-order valence-corrected chi connectivity index (χ2v) is 4.46. The third kappa shape index (κ3) is 2.83. The number of halogens is 1. The number of nitrogens with zero attached hydrogens (tertiary/aromatic N) is 1. The van der Waals surface area contributed by atoms with Crippen LogP contribution in [0.15, 0.2) is 48.8 Å². The minimum absolute atomic E-state index is 0.0192. The van der Waals surface area contributed by atoms with Gasteiger partial charge in [0.2, 0.25) is 0 Å². The van der Waals surface area contributed by atoms with Crippen molar-refractivity contribution in [3.8, 4) is 0 Å². The van der Waals surface area contributed by atoms with Gasteiger partial charge in [0, 0.05) is 12.4 Å². The van der Waals surface area contributed by atoms with Crippen molar-refractivity contribution in [1.82, 2.24) is 4.98 Å². The molecule has 1 unspecified atom stereocenters. The summed E-state index contributed by atoms with van der Waals surface area (Å²) in [5.41, 5.74) is 3.67. The molecule has 1 heterocycles. The first kappa shape index (κ1) is 11.2. The predicted octanol–water partition coefficient (Wildman–Crippen LogP) is 3.91. The van der Waals surface area contributed by atoms with Crippen LogP contribution in [0.1, 0.15) is 22.1 Å². The van der Waals surface area contributed by atoms with Gasteiger partial charge in [0.25, 0.3) is 0 Å². The quantitative estimate of drug-likeness (QED) is 0.730. The summed E-state index contributed by atoms with van der Waals surface area (Å²) < 4.78 is 0. The van der Waals surface area contributed by atoms with Crippen molar-refractivity contribution >= 4 is 11.6 Å². The number of aryl methyl sites for hydroxylation is 1. The Morgan fingerprint density at radius 3 is 2.31 bits per heavy atom. The van der Waals surface area contributed by atoms with Crippen molar-refractivity contribution < 1.29 is 0 Å². The van der Waals surface area contributed by atoms with E-state index < -0.39 is 0 Å². The summed E-state index contributed by atoms with van der Waals surface area (Å²) >= 11 is 6.35. The highest BCUT2D eigenvalue weighted by atomic mass is 35.5. The molecule has 0 amide bonds. The van der Waals surface area contributed by atoms with E-state index in [1.165, 1.54) is 11.1 Å². The zero-order chi connectivity index (χ0) is 11.4. The number of pyridine rings is 1. The molecule has 0 N–H and O–H groups in total. The average molecular weight is 232 g/mol. The number of benzene rings is 1. The average Bonchev–Trinajstić information content (AvgIpc) is 2.33. The van der Waals surface area contributed by atoms with Crippen LogP contribution in [-0.4, -0.2) is 4.98 Å². The predicted molar refractivity (Wildman–Crippen MR) is 67.7 cm³/mol. The molecule has 0 aliphatic rings. The Morgan fingerprint density at radius 2 is 1.69 bits per heavy atom. The lowest BCUT2D eigenvalue weighted by atomic mass is 10.0. The lowest BCUT2D eigenvalue weighted by Gasteiger charge is -2.09. The molecule has 1 aromatic heterocycles. The van der Waals surface area contributed by atoms with E-state index in [1.54, 1.807) is 12.4 Å². The molecule has 0 saturated heterocycles. The highest BCUT2D eigenvalue weighted by Crippen LogP contribution is 2.24. The number of rotatable bonds is 3. The van der Waals surface area contributed by atoms with E-state index in [4.69, 9.17) is 11.6 Å². The van der Waals surface area contributed by atoms with E-state index in [-0.39, 0.29) is 5.38 Å². The Balaban J connectivity index is 2.08. The molecular weight excluding hydrogens is 218 g/mol. The maximum absolute atomic E-state index is 6.35. The molecule has 2 heteroatoms. The highest BCUT2D eigenvalue weighted by Gasteiger charge is 2.08. The van der Waals surface area contributed by atoms with Gasteiger partial charge in [-0.3, -0.25) is 4.98 Å². The molecule has 0 radical (unpaired) electrons. The van der Waals surface area contributed by atoms with Crippen LogP contribution in [-0.2, 0) is 6.42 Å². The fourth-order valence-electron chi connectivity index (χ4n) is 1.62. The summed E-state index contributed by atoms with van der Waals surface area (Å²) in [4.78, 5) is 3.99. The van der Waals surface area contributed by atoms with Crippen LogP contribution in [0.3, 0.4) is 0 Å². The first-order valence-electron chi connectivity index (χ1n) is 5.35. The van der Waals surface area contributed by atoms with Gasteiger partial charge in [-0.15, -0.1) is 11.6 Å². The number of hydrogen-bond donors (Lipinski definition) is 0. The Hall–Kier alpha value is -1.34. The van der Waals surface area contributed by atoms with E-state index >= 15 is 0 Å². The van der Waals surface area contributed by atoms with Gasteiger partial charge < -0.3 is 0 Å². The molecule has 0 spiro atoms. The Bertz CT molecular complexity index is 436. The van der Waals surface area contributed by atoms with Gasteiger partial charge in [-0.1, -0.05) is 29.8 Å². The van der Waals surface area contributed by atoms with E-state index in [1.807, 2.05) is 12.1 Å². The SMILES string of the molecule is Cc1ccc(CC(Cl)c2ccncc2)cc1. The van der Waals surface area contributed by atoms with Gasteiger partial charge in [-0.05, 0) is 36.6 Å². The fraction of sp³-hybridized carbons (Fsp3) is 0.214. The molecule has 0 bridgehead atoms. The largest absolute Gasteiger partial charge is 0.265 e. The van der Waals surface area contributed by atoms with Gasteiger partial charge in [0.05, 0.1) is 5.38 Å². The maximum Gasteiger partial charge on any atom is 0.0626 e. The summed E-state index contributed by atoms with van der Waals surface area (Å²) in [6.45, 7) is 2.09. The summed E-state index contributed by atoms with van der Waals surface area (Å²) in [6.07, 6.45) is 4.41. The second-order valence-electron chi connectivity index (χ2n) is 3.94. The normalized spacial score (nSPS) is 12.4. The molecule has 2 rings (SSSR count). The van der Waals surface area contributed by atoms with Crippen LogP contribution in [0.5, 0.6) is 0 Å². The molecule has 0 aliphatic carbocycles. The number of aromatic nitrogens is 1. The van der Waals surface area contributed by atoms with Crippen LogP contribution in [0.25, 0.3) is 0 Å². The maximum atomic E-state index is 6.35. The van der Waals surface area contributed by atoms with Gasteiger partial charge in [-0.2, -0.15) is 0 Å². The second kappa shape index (κ2) is 5.13. The standard InChI is InChI=1S/C14H14ClN/c1-11-2-4-12(5-3-11)10-14(15)13-6-8-16-9-7-13/h2-9,14H,10H2,1H3. The molecular formula is C14H14ClN. The molecule has 1 aromatic carbocycles. The smallest absolute Gasteiger partial charge is 0.0626 e. The Kier molecular flexibility index (Phi) is 3.58. The van der Waals surface area contributed by atoms with Gasteiger partial charge in [0.15, 0.2) is 0 Å². The molecule has 2 aromatic rings. The van der Waals surface area contributed by atoms with Crippen LogP contribution in [0, 0.1) is 6.92 Å². The van der Waals surface area contributed by atoms with Crippen molar-refractivity contribution in [2.24, 2.45) is 0 Å². The molecule has 0 saturated carbocycles. The third-order valence-corrected chi connectivity index (χ3v) is 3.01. The zero-order valence-corrected chi connectivity index (χ0v) is 9.98. The fourth-order valence-corrected chi connectivity index (χ4v) is 1.94. The molecule has 1 atom stereocenters. The topological polar surface area (TPSA) is 12.9 Å². The van der Waals surface area contributed by atoms with Crippen molar-refractivity contribution in [1.29, 1.82) is 0 Å². The summed E-state index contributed by atoms with van der Waals surface area (Å²) in [7, 11) is 0. The van der Waals surface area contributed by atoms with E-state index in [0.29, 0.717) is 0 Å². The van der Waals surface area contributed by atoms with E-state index in [9.17, 15) is 0 Å². The van der Waals surface area contributed by atoms with Crippen LogP contribution in [0.2, 0.25) is 0 Å². The summed E-state index contributed by atoms with van der Waals surface area (Å²) in [5, 5.41) is 0.0192. The minimum Gasteiger partial charge on any atom is -0.265 e. The van der Waals surface area contributed by atoms with Gasteiger partial charge in [0.1, 0.15) is 0 Å². The van der Waals surface area contributed by atoms with Crippen LogP contribution >= 0.6 is 11.6 Å². The number of alkyl halides is 1. The van der Waals surface area contributed by atoms with E-state index in [0.717, 1.165) is 12.0 Å². The lowest BCUT2D eigenvalue weighted by molar-refractivity contribution is 0.915. The first-order valence-corrected chi connectivity index (χ1v) is 5.79. The zero-order valence-electron chi connectivity index (χ0n) is 9.23. The minimum atomic E-state index is 0.0192. The first-order chi connectivity index (χ1) is 7.75. The van der Waals surface area contributed by atoms with Crippen LogP contribution < -0.4 is 0 Å². The third-order valence-electron chi connectivity index (χ3n) is 2.60. The van der Waals surface area contributed by atoms with Crippen molar-refractivity contribution in [2.45, 2.75) is 18.7 Å². The summed E-state index contributed by atoms with van der Waals surface area (Å²) in [5.74, 6) is 0. The van der Waals surface area contributed by atoms with Gasteiger partial charge >= 0.3 is 0 Å². The Morgan fingerprint density at radius 1 is 1.06 bits per heavy atom.